The van der Waals surface area contributed by atoms with Crippen molar-refractivity contribution in [1.29, 1.82) is 0 Å². The summed E-state index contributed by atoms with van der Waals surface area (Å²) in [5, 5.41) is 3.36. The fraction of sp³-hybridized carbons (Fsp3) is 0.400. The molecule has 0 radical (unpaired) electrons. The first-order valence-corrected chi connectivity index (χ1v) is 6.70. The van der Waals surface area contributed by atoms with Crippen molar-refractivity contribution < 1.29 is 0 Å². The Balaban J connectivity index is 2.42. The molecule has 0 aliphatic rings. The van der Waals surface area contributed by atoms with Crippen LogP contribution in [0.25, 0.3) is 0 Å². The Hall–Kier alpha value is -0.350. The van der Waals surface area contributed by atoms with Crippen LogP contribution < -0.4 is 11.1 Å². The number of thioether (sulfide) groups is 1. The van der Waals surface area contributed by atoms with Gasteiger partial charge < -0.3 is 11.1 Å². The second-order valence-electron chi connectivity index (χ2n) is 3.01. The van der Waals surface area contributed by atoms with Crippen molar-refractivity contribution >= 4 is 39.1 Å². The Labute approximate surface area is 97.8 Å². The Morgan fingerprint density at radius 1 is 1.50 bits per heavy atom. The number of nitrogens with one attached hydrogen (secondary N) is 1. The quantitative estimate of drug-likeness (QED) is 0.640. The minimum atomic E-state index is 0.784. The van der Waals surface area contributed by atoms with E-state index in [1.165, 1.54) is 12.2 Å². The summed E-state index contributed by atoms with van der Waals surface area (Å²) in [5.41, 5.74) is 7.54. The first-order chi connectivity index (χ1) is 6.74. The molecular formula is C10H15BrN2S. The van der Waals surface area contributed by atoms with E-state index in [2.05, 4.69) is 27.5 Å². The molecule has 2 nitrogen and oxygen atoms in total. The molecule has 0 aliphatic heterocycles. The van der Waals surface area contributed by atoms with Gasteiger partial charge in [-0.15, -0.1) is 0 Å². The van der Waals surface area contributed by atoms with Crippen LogP contribution >= 0.6 is 27.7 Å². The predicted octanol–water partition coefficient (Wildman–Crippen LogP) is 3.20. The largest absolute Gasteiger partial charge is 0.399 e. The molecule has 0 amide bonds. The molecule has 0 aliphatic carbocycles. The molecule has 0 unspecified atom stereocenters. The van der Waals surface area contributed by atoms with Crippen molar-refractivity contribution in [2.45, 2.75) is 6.42 Å². The monoisotopic (exact) mass is 274 g/mol. The minimum Gasteiger partial charge on any atom is -0.399 e. The molecule has 0 saturated heterocycles. The molecule has 0 heterocycles. The van der Waals surface area contributed by atoms with Gasteiger partial charge in [0.2, 0.25) is 0 Å². The van der Waals surface area contributed by atoms with E-state index in [-0.39, 0.29) is 0 Å². The van der Waals surface area contributed by atoms with E-state index in [1.54, 1.807) is 0 Å². The standard InChI is InChI=1S/C10H15BrN2S/c1-14-6-2-5-13-10-4-3-8(12)7-9(10)11/h3-4,7,13H,2,5-6,12H2,1H3. The average molecular weight is 275 g/mol. The van der Waals surface area contributed by atoms with Crippen LogP contribution in [-0.4, -0.2) is 18.6 Å². The summed E-state index contributed by atoms with van der Waals surface area (Å²) in [4.78, 5) is 0. The molecule has 0 fully saturated rings. The van der Waals surface area contributed by atoms with Gasteiger partial charge in [0.1, 0.15) is 0 Å². The molecule has 1 rings (SSSR count). The van der Waals surface area contributed by atoms with E-state index >= 15 is 0 Å². The maximum atomic E-state index is 5.64. The van der Waals surface area contributed by atoms with Crippen LogP contribution in [0.1, 0.15) is 6.42 Å². The number of hydrogen-bond donors (Lipinski definition) is 2. The summed E-state index contributed by atoms with van der Waals surface area (Å²) in [6.45, 7) is 1.00. The number of anilines is 2. The lowest BCUT2D eigenvalue weighted by Crippen LogP contribution is -2.03. The van der Waals surface area contributed by atoms with Gasteiger partial charge in [0.05, 0.1) is 0 Å². The van der Waals surface area contributed by atoms with Gasteiger partial charge in [0, 0.05) is 22.4 Å². The summed E-state index contributed by atoms with van der Waals surface area (Å²) in [6.07, 6.45) is 3.30. The van der Waals surface area contributed by atoms with Gasteiger partial charge in [0.25, 0.3) is 0 Å². The van der Waals surface area contributed by atoms with Gasteiger partial charge >= 0.3 is 0 Å². The summed E-state index contributed by atoms with van der Waals surface area (Å²) in [5.74, 6) is 1.19. The third-order valence-corrected chi connectivity index (χ3v) is 3.19. The van der Waals surface area contributed by atoms with E-state index in [1.807, 2.05) is 30.0 Å². The SMILES string of the molecule is CSCCCNc1ccc(N)cc1Br. The molecule has 0 atom stereocenters. The smallest absolute Gasteiger partial charge is 0.0486 e. The predicted molar refractivity (Wildman–Crippen MR) is 70.0 cm³/mol. The summed E-state index contributed by atoms with van der Waals surface area (Å²) < 4.78 is 1.03. The van der Waals surface area contributed by atoms with Crippen LogP contribution in [0.3, 0.4) is 0 Å². The summed E-state index contributed by atoms with van der Waals surface area (Å²) in [7, 11) is 0. The van der Waals surface area contributed by atoms with Crippen molar-refractivity contribution in [3.63, 3.8) is 0 Å². The molecule has 0 spiro atoms. The zero-order valence-corrected chi connectivity index (χ0v) is 10.6. The molecule has 4 heteroatoms. The van der Waals surface area contributed by atoms with Crippen molar-refractivity contribution in [1.82, 2.24) is 0 Å². The lowest BCUT2D eigenvalue weighted by atomic mass is 10.3. The third-order valence-electron chi connectivity index (χ3n) is 1.83. The van der Waals surface area contributed by atoms with Crippen molar-refractivity contribution in [3.8, 4) is 0 Å². The van der Waals surface area contributed by atoms with E-state index in [0.717, 1.165) is 22.4 Å². The molecule has 14 heavy (non-hydrogen) atoms. The molecule has 3 N–H and O–H groups in total. The Kier molecular flexibility index (Phi) is 5.19. The van der Waals surface area contributed by atoms with Gasteiger partial charge in [-0.05, 0) is 52.6 Å². The van der Waals surface area contributed by atoms with Crippen LogP contribution in [0, 0.1) is 0 Å². The van der Waals surface area contributed by atoms with Gasteiger partial charge in [0.15, 0.2) is 0 Å². The lowest BCUT2D eigenvalue weighted by molar-refractivity contribution is 0.992. The zero-order chi connectivity index (χ0) is 10.4. The molecular weight excluding hydrogens is 260 g/mol. The molecule has 78 valence electrons. The van der Waals surface area contributed by atoms with Crippen LogP contribution in [0.5, 0.6) is 0 Å². The highest BCUT2D eigenvalue weighted by atomic mass is 79.9. The number of nitrogen functional groups attached to an aromatic ring is 1. The maximum Gasteiger partial charge on any atom is 0.0486 e. The van der Waals surface area contributed by atoms with Crippen LogP contribution in [0.15, 0.2) is 22.7 Å². The van der Waals surface area contributed by atoms with Crippen LogP contribution in [-0.2, 0) is 0 Å². The second-order valence-corrected chi connectivity index (χ2v) is 4.85. The van der Waals surface area contributed by atoms with Gasteiger partial charge in [-0.1, -0.05) is 0 Å². The molecule has 0 bridgehead atoms. The summed E-state index contributed by atoms with van der Waals surface area (Å²) >= 11 is 5.34. The first-order valence-electron chi connectivity index (χ1n) is 4.52. The molecule has 1 aromatic rings. The highest BCUT2D eigenvalue weighted by Crippen LogP contribution is 2.24. The number of benzene rings is 1. The second kappa shape index (κ2) is 6.19. The van der Waals surface area contributed by atoms with Crippen LogP contribution in [0.2, 0.25) is 0 Å². The van der Waals surface area contributed by atoms with Crippen molar-refractivity contribution in [2.24, 2.45) is 0 Å². The molecule has 0 aromatic heterocycles. The zero-order valence-electron chi connectivity index (χ0n) is 8.22. The van der Waals surface area contributed by atoms with Crippen molar-refractivity contribution in [3.05, 3.63) is 22.7 Å². The maximum absolute atomic E-state index is 5.64. The summed E-state index contributed by atoms with van der Waals surface area (Å²) in [6, 6.07) is 5.82. The van der Waals surface area contributed by atoms with E-state index < -0.39 is 0 Å². The molecule has 0 saturated carbocycles. The topological polar surface area (TPSA) is 38.0 Å². The highest BCUT2D eigenvalue weighted by molar-refractivity contribution is 9.10. The number of halogens is 1. The highest BCUT2D eigenvalue weighted by Gasteiger charge is 1.98. The van der Waals surface area contributed by atoms with E-state index in [4.69, 9.17) is 5.73 Å². The molecule has 1 aromatic carbocycles. The van der Waals surface area contributed by atoms with Crippen molar-refractivity contribution in [2.75, 3.05) is 29.6 Å². The average Bonchev–Trinajstić information content (AvgIpc) is 2.15. The Bertz CT molecular complexity index is 291. The fourth-order valence-electron chi connectivity index (χ4n) is 1.11. The number of rotatable bonds is 5. The van der Waals surface area contributed by atoms with E-state index in [9.17, 15) is 0 Å². The lowest BCUT2D eigenvalue weighted by Gasteiger charge is -2.08. The van der Waals surface area contributed by atoms with Gasteiger partial charge in [-0.25, -0.2) is 0 Å². The third kappa shape index (κ3) is 3.80. The Morgan fingerprint density at radius 3 is 2.93 bits per heavy atom. The van der Waals surface area contributed by atoms with E-state index in [0.29, 0.717) is 0 Å². The Morgan fingerprint density at radius 2 is 2.29 bits per heavy atom. The normalized spacial score (nSPS) is 10.1. The number of nitrogens with two attached hydrogens (primary N) is 1. The van der Waals surface area contributed by atoms with Gasteiger partial charge in [-0.3, -0.25) is 0 Å². The fourth-order valence-corrected chi connectivity index (χ4v) is 2.08. The van der Waals surface area contributed by atoms with Gasteiger partial charge in [-0.2, -0.15) is 11.8 Å². The van der Waals surface area contributed by atoms with Crippen LogP contribution in [0.4, 0.5) is 11.4 Å². The minimum absolute atomic E-state index is 0.784. The first kappa shape index (κ1) is 11.7. The number of hydrogen-bond acceptors (Lipinski definition) is 3.